The first-order valence-corrected chi connectivity index (χ1v) is 4.86. The van der Waals surface area contributed by atoms with Crippen LogP contribution in [0.5, 0.6) is 0 Å². The molecule has 1 aliphatic rings. The van der Waals surface area contributed by atoms with Gasteiger partial charge >= 0.3 is 11.8 Å². The fourth-order valence-corrected chi connectivity index (χ4v) is 1.31. The summed E-state index contributed by atoms with van der Waals surface area (Å²) >= 11 is 0. The molecule has 1 unspecified atom stereocenters. The largest absolute Gasteiger partial charge is 0.354 e. The molecule has 16 heavy (non-hydrogen) atoms. The maximum Gasteiger partial charge on any atom is 0.310 e. The number of carbonyl (C=O) groups is 3. The summed E-state index contributed by atoms with van der Waals surface area (Å²) < 4.78 is 0. The highest BCUT2D eigenvalue weighted by Crippen LogP contribution is 2.01. The van der Waals surface area contributed by atoms with Crippen LogP contribution >= 0.6 is 0 Å². The molecule has 0 spiro atoms. The average molecular weight is 224 g/mol. The first-order chi connectivity index (χ1) is 7.63. The van der Waals surface area contributed by atoms with Crippen LogP contribution in [0, 0.1) is 11.3 Å². The van der Waals surface area contributed by atoms with Crippen molar-refractivity contribution in [3.05, 3.63) is 0 Å². The van der Waals surface area contributed by atoms with Crippen molar-refractivity contribution in [2.24, 2.45) is 0 Å². The molecule has 1 rings (SSSR count). The number of nitrogens with one attached hydrogen (secondary N) is 3. The van der Waals surface area contributed by atoms with Crippen LogP contribution in [0.2, 0.25) is 0 Å². The van der Waals surface area contributed by atoms with Gasteiger partial charge in [0.05, 0.1) is 6.07 Å². The number of hydrogen-bond donors (Lipinski definition) is 3. The van der Waals surface area contributed by atoms with E-state index in [-0.39, 0.29) is 18.5 Å². The number of nitriles is 1. The van der Waals surface area contributed by atoms with E-state index in [1.54, 1.807) is 6.07 Å². The SMILES string of the molecule is N#CCNC(=O)C(=O)NC1CCC(=O)NC1. The van der Waals surface area contributed by atoms with Gasteiger partial charge in [-0.05, 0) is 6.42 Å². The molecule has 1 saturated heterocycles. The van der Waals surface area contributed by atoms with Crippen LogP contribution in [0.3, 0.4) is 0 Å². The molecular weight excluding hydrogens is 212 g/mol. The Balaban J connectivity index is 2.31. The Morgan fingerprint density at radius 1 is 1.50 bits per heavy atom. The van der Waals surface area contributed by atoms with Crippen LogP contribution in [-0.4, -0.2) is 36.9 Å². The van der Waals surface area contributed by atoms with E-state index in [1.165, 1.54) is 0 Å². The zero-order chi connectivity index (χ0) is 12.0. The number of amides is 3. The predicted molar refractivity (Wildman–Crippen MR) is 52.8 cm³/mol. The minimum Gasteiger partial charge on any atom is -0.354 e. The van der Waals surface area contributed by atoms with Gasteiger partial charge in [-0.25, -0.2) is 0 Å². The first-order valence-electron chi connectivity index (χ1n) is 4.86. The van der Waals surface area contributed by atoms with Gasteiger partial charge in [0, 0.05) is 19.0 Å². The van der Waals surface area contributed by atoms with Gasteiger partial charge in [-0.3, -0.25) is 14.4 Å². The lowest BCUT2D eigenvalue weighted by molar-refractivity contribution is -0.139. The molecule has 7 heteroatoms. The number of hydrogen-bond acceptors (Lipinski definition) is 4. The minimum absolute atomic E-state index is 0.0561. The van der Waals surface area contributed by atoms with Crippen LogP contribution in [-0.2, 0) is 14.4 Å². The third-order valence-corrected chi connectivity index (χ3v) is 2.13. The monoisotopic (exact) mass is 224 g/mol. The van der Waals surface area contributed by atoms with Crippen molar-refractivity contribution in [3.63, 3.8) is 0 Å². The molecule has 1 atom stereocenters. The molecule has 3 amide bonds. The van der Waals surface area contributed by atoms with E-state index in [0.29, 0.717) is 19.4 Å². The van der Waals surface area contributed by atoms with Crippen LogP contribution in [0.4, 0.5) is 0 Å². The fourth-order valence-electron chi connectivity index (χ4n) is 1.31. The third kappa shape index (κ3) is 3.57. The summed E-state index contributed by atoms with van der Waals surface area (Å²) in [6.45, 7) is 0.129. The zero-order valence-electron chi connectivity index (χ0n) is 8.58. The highest BCUT2D eigenvalue weighted by molar-refractivity contribution is 6.35. The zero-order valence-corrected chi connectivity index (χ0v) is 8.58. The maximum absolute atomic E-state index is 11.3. The van der Waals surface area contributed by atoms with E-state index in [9.17, 15) is 14.4 Å². The van der Waals surface area contributed by atoms with Crippen molar-refractivity contribution in [2.75, 3.05) is 13.1 Å². The number of piperidine rings is 1. The van der Waals surface area contributed by atoms with Gasteiger partial charge in [0.15, 0.2) is 0 Å². The second kappa shape index (κ2) is 5.70. The Labute approximate surface area is 92.2 Å². The van der Waals surface area contributed by atoms with Gasteiger partial charge < -0.3 is 16.0 Å². The van der Waals surface area contributed by atoms with E-state index in [4.69, 9.17) is 5.26 Å². The van der Waals surface area contributed by atoms with Crippen molar-refractivity contribution < 1.29 is 14.4 Å². The Morgan fingerprint density at radius 3 is 2.81 bits per heavy atom. The maximum atomic E-state index is 11.3. The molecule has 0 bridgehead atoms. The van der Waals surface area contributed by atoms with Crippen molar-refractivity contribution in [3.8, 4) is 6.07 Å². The molecule has 1 fully saturated rings. The summed E-state index contributed by atoms with van der Waals surface area (Å²) in [5.41, 5.74) is 0. The molecule has 0 radical (unpaired) electrons. The van der Waals surface area contributed by atoms with Crippen LogP contribution < -0.4 is 16.0 Å². The van der Waals surface area contributed by atoms with E-state index in [0.717, 1.165) is 0 Å². The van der Waals surface area contributed by atoms with Crippen LogP contribution in [0.25, 0.3) is 0 Å². The summed E-state index contributed by atoms with van der Waals surface area (Å²) in [5.74, 6) is -1.67. The van der Waals surface area contributed by atoms with Gasteiger partial charge in [-0.2, -0.15) is 5.26 Å². The van der Waals surface area contributed by atoms with E-state index < -0.39 is 11.8 Å². The summed E-state index contributed by atoms with van der Waals surface area (Å²) in [5, 5.41) is 15.4. The third-order valence-electron chi connectivity index (χ3n) is 2.13. The lowest BCUT2D eigenvalue weighted by Gasteiger charge is -2.22. The normalized spacial score (nSPS) is 19.2. The Bertz CT molecular complexity index is 337. The van der Waals surface area contributed by atoms with Gasteiger partial charge in [-0.1, -0.05) is 0 Å². The standard InChI is InChI=1S/C9H12N4O3/c10-3-4-11-8(15)9(16)13-6-1-2-7(14)12-5-6/h6H,1-2,4-5H2,(H,11,15)(H,12,14)(H,13,16). The number of rotatable bonds is 2. The van der Waals surface area contributed by atoms with Crippen molar-refractivity contribution in [1.29, 1.82) is 5.26 Å². The minimum atomic E-state index is -0.835. The quantitative estimate of drug-likeness (QED) is 0.373. The topological polar surface area (TPSA) is 111 Å². The Kier molecular flexibility index (Phi) is 4.27. The molecule has 0 aromatic carbocycles. The average Bonchev–Trinajstić information content (AvgIpc) is 2.29. The predicted octanol–water partition coefficient (Wildman–Crippen LogP) is -1.98. The molecule has 0 aromatic heterocycles. The number of nitrogens with zero attached hydrogens (tertiary/aromatic N) is 1. The van der Waals surface area contributed by atoms with Gasteiger partial charge in [-0.15, -0.1) is 0 Å². The van der Waals surface area contributed by atoms with Crippen molar-refractivity contribution >= 4 is 17.7 Å². The molecule has 1 aliphatic heterocycles. The lowest BCUT2D eigenvalue weighted by atomic mass is 10.1. The Morgan fingerprint density at radius 2 is 2.25 bits per heavy atom. The lowest BCUT2D eigenvalue weighted by Crippen LogP contribution is -2.51. The summed E-state index contributed by atoms with van der Waals surface area (Å²) in [6.07, 6.45) is 0.855. The van der Waals surface area contributed by atoms with Crippen molar-refractivity contribution in [1.82, 2.24) is 16.0 Å². The molecule has 0 saturated carbocycles. The molecule has 7 nitrogen and oxygen atoms in total. The summed E-state index contributed by atoms with van der Waals surface area (Å²) in [7, 11) is 0. The van der Waals surface area contributed by atoms with Gasteiger partial charge in [0.1, 0.15) is 6.54 Å². The fraction of sp³-hybridized carbons (Fsp3) is 0.556. The molecule has 86 valence electrons. The van der Waals surface area contributed by atoms with E-state index >= 15 is 0 Å². The van der Waals surface area contributed by atoms with Gasteiger partial charge in [0.25, 0.3) is 0 Å². The van der Waals surface area contributed by atoms with Crippen LogP contribution in [0.15, 0.2) is 0 Å². The van der Waals surface area contributed by atoms with Crippen molar-refractivity contribution in [2.45, 2.75) is 18.9 Å². The molecular formula is C9H12N4O3. The smallest absolute Gasteiger partial charge is 0.310 e. The number of carbonyl (C=O) groups excluding carboxylic acids is 3. The van der Waals surface area contributed by atoms with Crippen LogP contribution in [0.1, 0.15) is 12.8 Å². The highest BCUT2D eigenvalue weighted by atomic mass is 16.2. The first kappa shape index (κ1) is 12.0. The van der Waals surface area contributed by atoms with Gasteiger partial charge in [0.2, 0.25) is 5.91 Å². The van der Waals surface area contributed by atoms with E-state index in [2.05, 4.69) is 16.0 Å². The van der Waals surface area contributed by atoms with E-state index in [1.807, 2.05) is 0 Å². The highest BCUT2D eigenvalue weighted by Gasteiger charge is 2.22. The molecule has 3 N–H and O–H groups in total. The molecule has 0 aromatic rings. The molecule has 0 aliphatic carbocycles. The summed E-state index contributed by atoms with van der Waals surface area (Å²) in [6, 6.07) is 1.47. The Hall–Kier alpha value is -2.10. The summed E-state index contributed by atoms with van der Waals surface area (Å²) in [4.78, 5) is 33.2. The second-order valence-corrected chi connectivity index (χ2v) is 3.35. The molecule has 1 heterocycles. The second-order valence-electron chi connectivity index (χ2n) is 3.35.